The van der Waals surface area contributed by atoms with Gasteiger partial charge in [0.15, 0.2) is 0 Å². The largest absolute Gasteiger partial charge is 0.326 e. The fourth-order valence-electron chi connectivity index (χ4n) is 2.43. The molecule has 1 amide bonds. The third kappa shape index (κ3) is 6.33. The van der Waals surface area contributed by atoms with Gasteiger partial charge in [-0.05, 0) is 42.5 Å². The normalized spacial score (nSPS) is 10.4. The van der Waals surface area contributed by atoms with E-state index in [-0.39, 0.29) is 11.6 Å². The molecule has 7 nitrogen and oxygen atoms in total. The zero-order chi connectivity index (χ0) is 18.1. The fraction of sp³-hybridized carbons (Fsp3) is 0.278. The molecule has 2 aromatic carbocycles. The Morgan fingerprint density at radius 1 is 1.00 bits per heavy atom. The van der Waals surface area contributed by atoms with E-state index in [0.29, 0.717) is 25.8 Å². The predicted molar refractivity (Wildman–Crippen MR) is 97.0 cm³/mol. The van der Waals surface area contributed by atoms with Crippen molar-refractivity contribution in [1.29, 1.82) is 0 Å². The number of carbonyl (C=O) groups is 1. The smallest absolute Gasteiger partial charge is 0.269 e. The Balaban J connectivity index is 1.74. The van der Waals surface area contributed by atoms with Crippen molar-refractivity contribution in [3.63, 3.8) is 0 Å². The lowest BCUT2D eigenvalue weighted by Crippen LogP contribution is -2.24. The molecule has 0 aromatic heterocycles. The number of non-ortho nitro benzene ring substituents is 1. The van der Waals surface area contributed by atoms with E-state index in [4.69, 9.17) is 5.84 Å². The molecule has 132 valence electrons. The van der Waals surface area contributed by atoms with Crippen molar-refractivity contribution in [1.82, 2.24) is 5.43 Å². The minimum Gasteiger partial charge on any atom is -0.326 e. The van der Waals surface area contributed by atoms with E-state index in [1.165, 1.54) is 12.1 Å². The lowest BCUT2D eigenvalue weighted by atomic mass is 10.1. The molecule has 0 radical (unpaired) electrons. The molecular formula is C18H22N4O3. The second kappa shape index (κ2) is 9.51. The Morgan fingerprint density at radius 3 is 2.20 bits per heavy atom. The van der Waals surface area contributed by atoms with Crippen LogP contribution in [0.1, 0.15) is 24.0 Å². The number of nitro groups is 1. The van der Waals surface area contributed by atoms with Crippen molar-refractivity contribution < 1.29 is 9.72 Å². The highest BCUT2D eigenvalue weighted by Gasteiger charge is 2.06. The summed E-state index contributed by atoms with van der Waals surface area (Å²) in [6.07, 6.45) is 2.62. The van der Waals surface area contributed by atoms with E-state index in [1.54, 1.807) is 12.1 Å². The van der Waals surface area contributed by atoms with Crippen molar-refractivity contribution in [2.75, 3.05) is 11.9 Å². The predicted octanol–water partition coefficient (Wildman–Crippen LogP) is 2.56. The first kappa shape index (κ1) is 18.6. The summed E-state index contributed by atoms with van der Waals surface area (Å²) in [4.78, 5) is 22.2. The second-order valence-electron chi connectivity index (χ2n) is 5.73. The third-order valence-corrected chi connectivity index (χ3v) is 3.81. The van der Waals surface area contributed by atoms with Gasteiger partial charge in [-0.15, -0.1) is 0 Å². The lowest BCUT2D eigenvalue weighted by molar-refractivity contribution is -0.384. The standard InChI is InChI=1S/C18H22N4O3/c19-20-13-12-15-4-8-16(9-5-15)21-18(23)3-1-2-14-6-10-17(11-7-14)22(24)25/h4-11,20H,1-3,12-13,19H2,(H,21,23). The van der Waals surface area contributed by atoms with Gasteiger partial charge in [0.1, 0.15) is 0 Å². The molecule has 0 bridgehead atoms. The van der Waals surface area contributed by atoms with Gasteiger partial charge in [0, 0.05) is 30.8 Å². The van der Waals surface area contributed by atoms with Crippen molar-refractivity contribution in [3.8, 4) is 0 Å². The van der Waals surface area contributed by atoms with Crippen molar-refractivity contribution in [2.24, 2.45) is 5.84 Å². The summed E-state index contributed by atoms with van der Waals surface area (Å²) in [5.41, 5.74) is 5.58. The Kier molecular flexibility index (Phi) is 7.06. The highest BCUT2D eigenvalue weighted by atomic mass is 16.6. The lowest BCUT2D eigenvalue weighted by Gasteiger charge is -2.07. The number of hydrogen-bond donors (Lipinski definition) is 3. The molecule has 0 fully saturated rings. The molecular weight excluding hydrogens is 320 g/mol. The van der Waals surface area contributed by atoms with Gasteiger partial charge in [-0.25, -0.2) is 0 Å². The molecule has 0 atom stereocenters. The molecule has 0 spiro atoms. The molecule has 2 aromatic rings. The first-order valence-electron chi connectivity index (χ1n) is 8.14. The zero-order valence-corrected chi connectivity index (χ0v) is 13.9. The Labute approximate surface area is 146 Å². The number of amides is 1. The van der Waals surface area contributed by atoms with Gasteiger partial charge in [0.25, 0.3) is 5.69 Å². The average molecular weight is 342 g/mol. The third-order valence-electron chi connectivity index (χ3n) is 3.81. The number of nitrogens with one attached hydrogen (secondary N) is 2. The number of nitro benzene ring substituents is 1. The van der Waals surface area contributed by atoms with Crippen LogP contribution >= 0.6 is 0 Å². The van der Waals surface area contributed by atoms with Gasteiger partial charge in [0.05, 0.1) is 4.92 Å². The van der Waals surface area contributed by atoms with Crippen LogP contribution in [0.25, 0.3) is 0 Å². The second-order valence-corrected chi connectivity index (χ2v) is 5.73. The minimum atomic E-state index is -0.422. The molecule has 4 N–H and O–H groups in total. The molecule has 25 heavy (non-hydrogen) atoms. The number of hydrazine groups is 1. The van der Waals surface area contributed by atoms with E-state index in [2.05, 4.69) is 10.7 Å². The number of anilines is 1. The van der Waals surface area contributed by atoms with Crippen LogP contribution in [0.2, 0.25) is 0 Å². The van der Waals surface area contributed by atoms with Crippen LogP contribution in [0.15, 0.2) is 48.5 Å². The number of nitrogens with zero attached hydrogens (tertiary/aromatic N) is 1. The summed E-state index contributed by atoms with van der Waals surface area (Å²) < 4.78 is 0. The Morgan fingerprint density at radius 2 is 1.60 bits per heavy atom. The first-order valence-corrected chi connectivity index (χ1v) is 8.14. The summed E-state index contributed by atoms with van der Waals surface area (Å²) in [7, 11) is 0. The van der Waals surface area contributed by atoms with Crippen LogP contribution in [-0.4, -0.2) is 17.4 Å². The summed E-state index contributed by atoms with van der Waals surface area (Å²) in [5.74, 6) is 5.20. The van der Waals surface area contributed by atoms with E-state index in [0.717, 1.165) is 23.2 Å². The van der Waals surface area contributed by atoms with Crippen molar-refractivity contribution in [3.05, 3.63) is 69.8 Å². The molecule has 0 aliphatic heterocycles. The van der Waals surface area contributed by atoms with E-state index >= 15 is 0 Å². The van der Waals surface area contributed by atoms with Crippen LogP contribution in [0, 0.1) is 10.1 Å². The SMILES string of the molecule is NNCCc1ccc(NC(=O)CCCc2ccc([N+](=O)[O-])cc2)cc1. The van der Waals surface area contributed by atoms with Gasteiger partial charge >= 0.3 is 0 Å². The number of rotatable bonds is 9. The van der Waals surface area contributed by atoms with Gasteiger partial charge in [0.2, 0.25) is 5.91 Å². The monoisotopic (exact) mass is 342 g/mol. The van der Waals surface area contributed by atoms with Gasteiger partial charge in [-0.1, -0.05) is 24.3 Å². The van der Waals surface area contributed by atoms with E-state index in [1.807, 2.05) is 24.3 Å². The molecule has 2 rings (SSSR count). The van der Waals surface area contributed by atoms with Crippen molar-refractivity contribution in [2.45, 2.75) is 25.7 Å². The topological polar surface area (TPSA) is 110 Å². The molecule has 0 aliphatic rings. The Bertz CT molecular complexity index is 699. The molecule has 0 saturated heterocycles. The Hall–Kier alpha value is -2.77. The summed E-state index contributed by atoms with van der Waals surface area (Å²) in [5, 5.41) is 13.5. The average Bonchev–Trinajstić information content (AvgIpc) is 2.61. The van der Waals surface area contributed by atoms with Gasteiger partial charge in [-0.2, -0.15) is 0 Å². The van der Waals surface area contributed by atoms with Gasteiger partial charge < -0.3 is 5.32 Å². The van der Waals surface area contributed by atoms with Crippen LogP contribution < -0.4 is 16.6 Å². The summed E-state index contributed by atoms with van der Waals surface area (Å²) >= 11 is 0. The van der Waals surface area contributed by atoms with Crippen LogP contribution in [0.3, 0.4) is 0 Å². The van der Waals surface area contributed by atoms with E-state index < -0.39 is 4.92 Å². The number of benzene rings is 2. The van der Waals surface area contributed by atoms with Crippen LogP contribution in [0.5, 0.6) is 0 Å². The summed E-state index contributed by atoms with van der Waals surface area (Å²) in [6, 6.07) is 14.1. The van der Waals surface area contributed by atoms with Crippen molar-refractivity contribution >= 4 is 17.3 Å². The minimum absolute atomic E-state index is 0.0433. The van der Waals surface area contributed by atoms with E-state index in [9.17, 15) is 14.9 Å². The molecule has 0 aliphatic carbocycles. The van der Waals surface area contributed by atoms with Crippen LogP contribution in [-0.2, 0) is 17.6 Å². The molecule has 0 heterocycles. The fourth-order valence-corrected chi connectivity index (χ4v) is 2.43. The molecule has 0 unspecified atom stereocenters. The molecule has 7 heteroatoms. The quantitative estimate of drug-likeness (QED) is 0.368. The zero-order valence-electron chi connectivity index (χ0n) is 13.9. The summed E-state index contributed by atoms with van der Waals surface area (Å²) in [6.45, 7) is 0.703. The number of hydrogen-bond acceptors (Lipinski definition) is 5. The number of carbonyl (C=O) groups excluding carboxylic acids is 1. The first-order chi connectivity index (χ1) is 12.1. The highest BCUT2D eigenvalue weighted by Crippen LogP contribution is 2.14. The highest BCUT2D eigenvalue weighted by molar-refractivity contribution is 5.90. The van der Waals surface area contributed by atoms with Gasteiger partial charge in [-0.3, -0.25) is 26.2 Å². The number of aryl methyl sites for hydroxylation is 1. The maximum Gasteiger partial charge on any atom is 0.269 e. The maximum absolute atomic E-state index is 12.0. The van der Waals surface area contributed by atoms with Crippen LogP contribution in [0.4, 0.5) is 11.4 Å². The maximum atomic E-state index is 12.0. The molecule has 0 saturated carbocycles. The number of nitrogens with two attached hydrogens (primary N) is 1.